The van der Waals surface area contributed by atoms with E-state index in [0.29, 0.717) is 5.56 Å². The van der Waals surface area contributed by atoms with E-state index in [0.717, 1.165) is 6.07 Å². The van der Waals surface area contributed by atoms with Gasteiger partial charge in [-0.05, 0) is 4.92 Å². The van der Waals surface area contributed by atoms with E-state index in [4.69, 9.17) is 0 Å². The summed E-state index contributed by atoms with van der Waals surface area (Å²) in [6.07, 6.45) is 0. The van der Waals surface area contributed by atoms with Gasteiger partial charge in [-0.3, -0.25) is 4.79 Å². The molecule has 1 aromatic carbocycles. The molecule has 0 fully saturated rings. The van der Waals surface area contributed by atoms with Crippen molar-refractivity contribution in [2.75, 3.05) is 0 Å². The number of H-pyrrole nitrogens is 1. The first-order valence-corrected chi connectivity index (χ1v) is 4.48. The van der Waals surface area contributed by atoms with E-state index in [1.807, 2.05) is 0 Å². The zero-order valence-electron chi connectivity index (χ0n) is 8.08. The number of carbonyl (C=O) groups is 1. The Balaban J connectivity index is 2.31. The Labute approximate surface area is 90.1 Å². The number of ketones is 1. The van der Waals surface area contributed by atoms with Gasteiger partial charge < -0.3 is 10.1 Å². The lowest BCUT2D eigenvalue weighted by Crippen LogP contribution is -2.00. The van der Waals surface area contributed by atoms with Crippen LogP contribution in [0.1, 0.15) is 16.1 Å². The molecule has 0 bridgehead atoms. The van der Waals surface area contributed by atoms with Gasteiger partial charge in [0.15, 0.2) is 5.69 Å². The highest BCUT2D eigenvalue weighted by molar-refractivity contribution is 6.07. The highest BCUT2D eigenvalue weighted by Gasteiger charge is 2.17. The zero-order chi connectivity index (χ0) is 11.5. The van der Waals surface area contributed by atoms with Gasteiger partial charge in [0.25, 0.3) is 0 Å². The molecule has 2 aromatic rings. The summed E-state index contributed by atoms with van der Waals surface area (Å²) in [5, 5.41) is 16.2. The zero-order valence-corrected chi connectivity index (χ0v) is 8.08. The molecule has 1 N–H and O–H groups in total. The minimum atomic E-state index is -0.630. The van der Waals surface area contributed by atoms with Gasteiger partial charge in [0, 0.05) is 5.56 Å². The SMILES string of the molecule is O=C(c1ccccc1)c1cc([N+](=O)[O-])[nH]n1. The monoisotopic (exact) mass is 217 g/mol. The van der Waals surface area contributed by atoms with E-state index in [1.165, 1.54) is 0 Å². The second-order valence-electron chi connectivity index (χ2n) is 3.09. The first-order valence-electron chi connectivity index (χ1n) is 4.48. The fourth-order valence-electron chi connectivity index (χ4n) is 1.26. The number of hydrogen-bond acceptors (Lipinski definition) is 4. The quantitative estimate of drug-likeness (QED) is 0.479. The molecule has 6 nitrogen and oxygen atoms in total. The normalized spacial score (nSPS) is 10.0. The van der Waals surface area contributed by atoms with Crippen LogP contribution in [-0.2, 0) is 0 Å². The predicted octanol–water partition coefficient (Wildman–Crippen LogP) is 1.55. The van der Waals surface area contributed by atoms with Crippen molar-refractivity contribution in [3.63, 3.8) is 0 Å². The first-order chi connectivity index (χ1) is 7.68. The number of hydrogen-bond donors (Lipinski definition) is 1. The molecule has 0 atom stereocenters. The fourth-order valence-corrected chi connectivity index (χ4v) is 1.26. The highest BCUT2D eigenvalue weighted by Crippen LogP contribution is 2.12. The third-order valence-electron chi connectivity index (χ3n) is 2.03. The average Bonchev–Trinajstić information content (AvgIpc) is 2.78. The van der Waals surface area contributed by atoms with Crippen molar-refractivity contribution in [1.82, 2.24) is 10.2 Å². The standard InChI is InChI=1S/C10H7N3O3/c14-10(7-4-2-1-3-5-7)8-6-9(12-11-8)13(15)16/h1-6H,(H,11,12). The summed E-state index contributed by atoms with van der Waals surface area (Å²) in [4.78, 5) is 21.5. The molecule has 0 aliphatic rings. The Bertz CT molecular complexity index is 533. The third-order valence-corrected chi connectivity index (χ3v) is 2.03. The van der Waals surface area contributed by atoms with Gasteiger partial charge >= 0.3 is 5.82 Å². The molecule has 0 spiro atoms. The highest BCUT2D eigenvalue weighted by atomic mass is 16.6. The maximum atomic E-state index is 11.8. The number of nitrogens with one attached hydrogen (secondary N) is 1. The molecule has 6 heteroatoms. The van der Waals surface area contributed by atoms with Gasteiger partial charge in [0.2, 0.25) is 5.78 Å². The lowest BCUT2D eigenvalue weighted by atomic mass is 10.1. The number of aromatic amines is 1. The minimum Gasteiger partial charge on any atom is -0.358 e. The summed E-state index contributed by atoms with van der Waals surface area (Å²) in [7, 11) is 0. The van der Waals surface area contributed by atoms with E-state index >= 15 is 0 Å². The van der Waals surface area contributed by atoms with Gasteiger partial charge in [0.1, 0.15) is 0 Å². The van der Waals surface area contributed by atoms with Crippen LogP contribution in [0, 0.1) is 10.1 Å². The number of nitro groups is 1. The topological polar surface area (TPSA) is 88.9 Å². The number of benzene rings is 1. The van der Waals surface area contributed by atoms with Crippen LogP contribution in [-0.4, -0.2) is 20.9 Å². The summed E-state index contributed by atoms with van der Waals surface area (Å²) in [6.45, 7) is 0. The summed E-state index contributed by atoms with van der Waals surface area (Å²) < 4.78 is 0. The lowest BCUT2D eigenvalue weighted by molar-refractivity contribution is -0.389. The van der Waals surface area contributed by atoms with Crippen molar-refractivity contribution in [2.45, 2.75) is 0 Å². The Morgan fingerprint density at radius 1 is 1.31 bits per heavy atom. The van der Waals surface area contributed by atoms with Crippen molar-refractivity contribution in [1.29, 1.82) is 0 Å². The van der Waals surface area contributed by atoms with E-state index in [-0.39, 0.29) is 17.3 Å². The van der Waals surface area contributed by atoms with E-state index in [2.05, 4.69) is 10.2 Å². The number of aromatic nitrogens is 2. The molecule has 1 heterocycles. The Morgan fingerprint density at radius 3 is 2.56 bits per heavy atom. The predicted molar refractivity (Wildman–Crippen MR) is 55.1 cm³/mol. The van der Waals surface area contributed by atoms with Crippen LogP contribution in [0.4, 0.5) is 5.82 Å². The molecular weight excluding hydrogens is 210 g/mol. The summed E-state index contributed by atoms with van der Waals surface area (Å²) in [5.74, 6) is -0.635. The van der Waals surface area contributed by atoms with Gasteiger partial charge in [-0.1, -0.05) is 35.4 Å². The van der Waals surface area contributed by atoms with Gasteiger partial charge in [0.05, 0.1) is 6.07 Å². The van der Waals surface area contributed by atoms with Crippen molar-refractivity contribution in [3.8, 4) is 0 Å². The van der Waals surface area contributed by atoms with Crippen molar-refractivity contribution < 1.29 is 9.72 Å². The Kier molecular flexibility index (Phi) is 2.47. The van der Waals surface area contributed by atoms with Crippen molar-refractivity contribution in [2.24, 2.45) is 0 Å². The van der Waals surface area contributed by atoms with Gasteiger partial charge in [-0.25, -0.2) is 0 Å². The average molecular weight is 217 g/mol. The van der Waals surface area contributed by atoms with Crippen molar-refractivity contribution in [3.05, 3.63) is 57.8 Å². The van der Waals surface area contributed by atoms with Crippen LogP contribution in [0.3, 0.4) is 0 Å². The second-order valence-corrected chi connectivity index (χ2v) is 3.09. The molecule has 0 aliphatic carbocycles. The molecule has 0 unspecified atom stereocenters. The van der Waals surface area contributed by atoms with Gasteiger partial charge in [-0.15, -0.1) is 5.10 Å². The molecule has 0 aliphatic heterocycles. The Morgan fingerprint density at radius 2 is 2.00 bits per heavy atom. The number of nitrogens with zero attached hydrogens (tertiary/aromatic N) is 2. The molecular formula is C10H7N3O3. The largest absolute Gasteiger partial charge is 0.358 e. The van der Waals surface area contributed by atoms with Crippen LogP contribution in [0.5, 0.6) is 0 Å². The molecule has 0 radical (unpaired) electrons. The first kappa shape index (κ1) is 10.0. The molecule has 16 heavy (non-hydrogen) atoms. The van der Waals surface area contributed by atoms with E-state index in [9.17, 15) is 14.9 Å². The minimum absolute atomic E-state index is 0.0397. The Hall–Kier alpha value is -2.50. The molecule has 1 aromatic heterocycles. The number of carbonyl (C=O) groups excluding carboxylic acids is 1. The smallest absolute Gasteiger partial charge is 0.343 e. The second kappa shape index (κ2) is 3.93. The molecule has 80 valence electrons. The van der Waals surface area contributed by atoms with Crippen LogP contribution >= 0.6 is 0 Å². The van der Waals surface area contributed by atoms with Crippen molar-refractivity contribution >= 4 is 11.6 Å². The molecule has 0 amide bonds. The van der Waals surface area contributed by atoms with Crippen LogP contribution in [0.15, 0.2) is 36.4 Å². The van der Waals surface area contributed by atoms with E-state index < -0.39 is 4.92 Å². The lowest BCUT2D eigenvalue weighted by Gasteiger charge is -1.93. The van der Waals surface area contributed by atoms with Crippen LogP contribution in [0.25, 0.3) is 0 Å². The summed E-state index contributed by atoms with van der Waals surface area (Å²) >= 11 is 0. The van der Waals surface area contributed by atoms with Gasteiger partial charge in [-0.2, -0.15) is 0 Å². The van der Waals surface area contributed by atoms with E-state index in [1.54, 1.807) is 30.3 Å². The summed E-state index contributed by atoms with van der Waals surface area (Å²) in [5.41, 5.74) is 0.488. The molecule has 0 saturated carbocycles. The number of rotatable bonds is 3. The van der Waals surface area contributed by atoms with Crippen LogP contribution in [0.2, 0.25) is 0 Å². The summed E-state index contributed by atoms with van der Waals surface area (Å²) in [6, 6.07) is 9.59. The van der Waals surface area contributed by atoms with Crippen LogP contribution < -0.4 is 0 Å². The maximum absolute atomic E-state index is 11.8. The fraction of sp³-hybridized carbons (Fsp3) is 0. The molecule has 0 saturated heterocycles. The third kappa shape index (κ3) is 1.81. The maximum Gasteiger partial charge on any atom is 0.343 e. The molecule has 2 rings (SSSR count).